The molecular formula is C12H17N3O. The van der Waals surface area contributed by atoms with Gasteiger partial charge in [0, 0.05) is 19.4 Å². The summed E-state index contributed by atoms with van der Waals surface area (Å²) < 4.78 is 7.70. The lowest BCUT2D eigenvalue weighted by Crippen LogP contribution is -2.10. The molecule has 0 aliphatic carbocycles. The molecule has 0 saturated carbocycles. The second kappa shape index (κ2) is 4.99. The number of furan rings is 1. The largest absolute Gasteiger partial charge is 0.464 e. The lowest BCUT2D eigenvalue weighted by molar-refractivity contribution is 0.453. The Kier molecular flexibility index (Phi) is 3.41. The average molecular weight is 219 g/mol. The minimum Gasteiger partial charge on any atom is -0.464 e. The molecule has 1 N–H and O–H groups in total. The van der Waals surface area contributed by atoms with E-state index in [-0.39, 0.29) is 0 Å². The Labute approximate surface area is 95.3 Å². The lowest BCUT2D eigenvalue weighted by atomic mass is 10.3. The maximum absolute atomic E-state index is 5.70. The van der Waals surface area contributed by atoms with Gasteiger partial charge < -0.3 is 14.3 Å². The summed E-state index contributed by atoms with van der Waals surface area (Å²) in [5, 5.41) is 3.23. The van der Waals surface area contributed by atoms with Crippen LogP contribution >= 0.6 is 0 Å². The molecule has 2 aromatic rings. The van der Waals surface area contributed by atoms with E-state index < -0.39 is 0 Å². The van der Waals surface area contributed by atoms with Gasteiger partial charge in [-0.1, -0.05) is 6.92 Å². The smallest absolute Gasteiger partial charge is 0.117 e. The summed E-state index contributed by atoms with van der Waals surface area (Å²) in [6.45, 7) is 3.82. The van der Waals surface area contributed by atoms with E-state index in [0.29, 0.717) is 0 Å². The fourth-order valence-corrected chi connectivity index (χ4v) is 1.58. The van der Waals surface area contributed by atoms with Gasteiger partial charge in [-0.3, -0.25) is 0 Å². The number of aryl methyl sites for hydroxylation is 1. The molecule has 0 radical (unpaired) electrons. The topological polar surface area (TPSA) is 43.0 Å². The van der Waals surface area contributed by atoms with Gasteiger partial charge in [0.2, 0.25) is 0 Å². The third-order valence-corrected chi connectivity index (χ3v) is 2.52. The van der Waals surface area contributed by atoms with Gasteiger partial charge in [-0.2, -0.15) is 0 Å². The van der Waals surface area contributed by atoms with Gasteiger partial charge in [0.1, 0.15) is 17.3 Å². The SMILES string of the molecule is CCNCc1ccc(Cc2nccn2C)o1. The standard InChI is InChI=1S/C12H17N3O/c1-3-13-9-11-5-4-10(16-11)8-12-14-6-7-15(12)2/h4-7,13H,3,8-9H2,1-2H3. The van der Waals surface area contributed by atoms with Crippen LogP contribution in [0, 0.1) is 0 Å². The van der Waals surface area contributed by atoms with Gasteiger partial charge in [-0.05, 0) is 18.7 Å². The van der Waals surface area contributed by atoms with Crippen molar-refractivity contribution in [2.75, 3.05) is 6.54 Å². The summed E-state index contributed by atoms with van der Waals surface area (Å²) in [6.07, 6.45) is 4.49. The zero-order valence-corrected chi connectivity index (χ0v) is 9.73. The van der Waals surface area contributed by atoms with E-state index in [9.17, 15) is 0 Å². The molecule has 0 atom stereocenters. The van der Waals surface area contributed by atoms with Crippen molar-refractivity contribution < 1.29 is 4.42 Å². The monoisotopic (exact) mass is 219 g/mol. The molecule has 0 saturated heterocycles. The van der Waals surface area contributed by atoms with Crippen LogP contribution < -0.4 is 5.32 Å². The number of nitrogens with zero attached hydrogens (tertiary/aromatic N) is 2. The first-order valence-corrected chi connectivity index (χ1v) is 5.54. The van der Waals surface area contributed by atoms with E-state index in [0.717, 1.165) is 36.9 Å². The van der Waals surface area contributed by atoms with Crippen molar-refractivity contribution in [2.45, 2.75) is 19.9 Å². The molecular weight excluding hydrogens is 202 g/mol. The lowest BCUT2D eigenvalue weighted by Gasteiger charge is -1.99. The van der Waals surface area contributed by atoms with Crippen molar-refractivity contribution in [1.82, 2.24) is 14.9 Å². The highest BCUT2D eigenvalue weighted by molar-refractivity contribution is 5.12. The molecule has 0 aromatic carbocycles. The first-order chi connectivity index (χ1) is 7.79. The molecule has 0 fully saturated rings. The fraction of sp³-hybridized carbons (Fsp3) is 0.417. The van der Waals surface area contributed by atoms with Gasteiger partial charge in [-0.15, -0.1) is 0 Å². The summed E-state index contributed by atoms with van der Waals surface area (Å²) in [5.41, 5.74) is 0. The summed E-state index contributed by atoms with van der Waals surface area (Å²) >= 11 is 0. The highest BCUT2D eigenvalue weighted by Gasteiger charge is 2.05. The molecule has 4 nitrogen and oxygen atoms in total. The van der Waals surface area contributed by atoms with E-state index in [2.05, 4.69) is 17.2 Å². The molecule has 2 aromatic heterocycles. The number of imidazole rings is 1. The van der Waals surface area contributed by atoms with Crippen LogP contribution in [-0.2, 0) is 20.0 Å². The second-order valence-corrected chi connectivity index (χ2v) is 3.78. The highest BCUT2D eigenvalue weighted by Crippen LogP contribution is 2.11. The number of rotatable bonds is 5. The second-order valence-electron chi connectivity index (χ2n) is 3.78. The Morgan fingerprint density at radius 3 is 2.88 bits per heavy atom. The number of hydrogen-bond donors (Lipinski definition) is 1. The molecule has 0 aliphatic rings. The van der Waals surface area contributed by atoms with Crippen LogP contribution in [-0.4, -0.2) is 16.1 Å². The average Bonchev–Trinajstić information content (AvgIpc) is 2.87. The van der Waals surface area contributed by atoms with Crippen LogP contribution in [0.2, 0.25) is 0 Å². The predicted octanol–water partition coefficient (Wildman–Crippen LogP) is 1.71. The van der Waals surface area contributed by atoms with E-state index in [1.165, 1.54) is 0 Å². The van der Waals surface area contributed by atoms with Crippen molar-refractivity contribution in [3.63, 3.8) is 0 Å². The van der Waals surface area contributed by atoms with E-state index in [1.54, 1.807) is 6.20 Å². The quantitative estimate of drug-likeness (QED) is 0.832. The zero-order valence-electron chi connectivity index (χ0n) is 9.73. The van der Waals surface area contributed by atoms with Gasteiger partial charge in [0.05, 0.1) is 13.0 Å². The Hall–Kier alpha value is -1.55. The number of hydrogen-bond acceptors (Lipinski definition) is 3. The minimum atomic E-state index is 0.746. The van der Waals surface area contributed by atoms with Crippen LogP contribution in [0.1, 0.15) is 24.3 Å². The summed E-state index contributed by atoms with van der Waals surface area (Å²) in [7, 11) is 1.99. The highest BCUT2D eigenvalue weighted by atomic mass is 16.3. The molecule has 86 valence electrons. The summed E-state index contributed by atoms with van der Waals surface area (Å²) in [5.74, 6) is 2.96. The predicted molar refractivity (Wildman–Crippen MR) is 62.1 cm³/mol. The normalized spacial score (nSPS) is 10.9. The molecule has 0 unspecified atom stereocenters. The van der Waals surface area contributed by atoms with Gasteiger partial charge in [0.15, 0.2) is 0 Å². The summed E-state index contributed by atoms with van der Waals surface area (Å²) in [6, 6.07) is 4.03. The molecule has 2 heterocycles. The first-order valence-electron chi connectivity index (χ1n) is 5.54. The number of nitrogens with one attached hydrogen (secondary N) is 1. The van der Waals surface area contributed by atoms with Crippen molar-refractivity contribution >= 4 is 0 Å². The molecule has 0 amide bonds. The first kappa shape index (κ1) is 11.0. The van der Waals surface area contributed by atoms with Crippen LogP contribution in [0.15, 0.2) is 28.9 Å². The van der Waals surface area contributed by atoms with Crippen LogP contribution in [0.3, 0.4) is 0 Å². The van der Waals surface area contributed by atoms with Gasteiger partial charge in [-0.25, -0.2) is 4.98 Å². The van der Waals surface area contributed by atoms with Gasteiger partial charge in [0.25, 0.3) is 0 Å². The fourth-order valence-electron chi connectivity index (χ4n) is 1.58. The maximum atomic E-state index is 5.70. The van der Waals surface area contributed by atoms with Crippen LogP contribution in [0.25, 0.3) is 0 Å². The van der Waals surface area contributed by atoms with Crippen LogP contribution in [0.4, 0.5) is 0 Å². The van der Waals surface area contributed by atoms with E-state index in [1.807, 2.05) is 29.9 Å². The Morgan fingerprint density at radius 1 is 1.38 bits per heavy atom. The molecule has 0 spiro atoms. The Balaban J connectivity index is 2.00. The molecule has 0 aliphatic heterocycles. The van der Waals surface area contributed by atoms with Crippen molar-refractivity contribution in [1.29, 1.82) is 0 Å². The minimum absolute atomic E-state index is 0.746. The van der Waals surface area contributed by atoms with Crippen molar-refractivity contribution in [3.05, 3.63) is 41.9 Å². The number of aromatic nitrogens is 2. The molecule has 16 heavy (non-hydrogen) atoms. The van der Waals surface area contributed by atoms with Crippen LogP contribution in [0.5, 0.6) is 0 Å². The molecule has 2 rings (SSSR count). The van der Waals surface area contributed by atoms with E-state index >= 15 is 0 Å². The van der Waals surface area contributed by atoms with Crippen molar-refractivity contribution in [3.8, 4) is 0 Å². The zero-order chi connectivity index (χ0) is 11.4. The van der Waals surface area contributed by atoms with Gasteiger partial charge >= 0.3 is 0 Å². The molecule has 0 bridgehead atoms. The molecule has 4 heteroatoms. The Bertz CT molecular complexity index is 445. The third-order valence-electron chi connectivity index (χ3n) is 2.52. The van der Waals surface area contributed by atoms with Crippen molar-refractivity contribution in [2.24, 2.45) is 7.05 Å². The van der Waals surface area contributed by atoms with E-state index in [4.69, 9.17) is 4.42 Å². The Morgan fingerprint density at radius 2 is 2.19 bits per heavy atom. The maximum Gasteiger partial charge on any atom is 0.117 e. The third kappa shape index (κ3) is 2.52. The summed E-state index contributed by atoms with van der Waals surface area (Å²) in [4.78, 5) is 4.27.